The summed E-state index contributed by atoms with van der Waals surface area (Å²) in [6.07, 6.45) is 2.10. The van der Waals surface area contributed by atoms with Gasteiger partial charge in [-0.1, -0.05) is 60.7 Å². The summed E-state index contributed by atoms with van der Waals surface area (Å²) in [6.45, 7) is 0.0849. The molecule has 0 spiro atoms. The van der Waals surface area contributed by atoms with Gasteiger partial charge in [-0.2, -0.15) is 5.10 Å². The molecule has 1 amide bonds. The zero-order valence-electron chi connectivity index (χ0n) is 18.1. The molecule has 164 valence electrons. The zero-order valence-corrected chi connectivity index (χ0v) is 18.1. The van der Waals surface area contributed by atoms with E-state index in [4.69, 9.17) is 4.98 Å². The summed E-state index contributed by atoms with van der Waals surface area (Å²) in [4.78, 5) is 17.5. The van der Waals surface area contributed by atoms with E-state index in [0.29, 0.717) is 12.0 Å². The van der Waals surface area contributed by atoms with E-state index in [0.717, 1.165) is 33.3 Å². The molecule has 7 heteroatoms. The smallest absolute Gasteiger partial charge is 0.260 e. The monoisotopic (exact) mass is 437 g/mol. The summed E-state index contributed by atoms with van der Waals surface area (Å²) < 4.78 is 3.61. The van der Waals surface area contributed by atoms with Gasteiger partial charge in [-0.3, -0.25) is 4.79 Å². The van der Waals surface area contributed by atoms with Crippen molar-refractivity contribution in [3.05, 3.63) is 95.8 Å². The molecule has 0 fully saturated rings. The molecule has 33 heavy (non-hydrogen) atoms. The van der Waals surface area contributed by atoms with Gasteiger partial charge in [-0.15, -0.1) is 0 Å². The Morgan fingerprint density at radius 2 is 1.70 bits per heavy atom. The maximum Gasteiger partial charge on any atom is 0.260 e. The van der Waals surface area contributed by atoms with Gasteiger partial charge in [0, 0.05) is 18.9 Å². The third-order valence-electron chi connectivity index (χ3n) is 5.74. The number of fused-ring (bicyclic) bond motifs is 2. The minimum atomic E-state index is -0.275. The number of nitrogens with zero attached hydrogens (tertiary/aromatic N) is 4. The van der Waals surface area contributed by atoms with E-state index < -0.39 is 0 Å². The summed E-state index contributed by atoms with van der Waals surface area (Å²) in [7, 11) is 1.78. The number of rotatable bonds is 6. The Morgan fingerprint density at radius 1 is 1.00 bits per heavy atom. The van der Waals surface area contributed by atoms with Crippen LogP contribution in [0, 0.1) is 0 Å². The van der Waals surface area contributed by atoms with Crippen LogP contribution < -0.4 is 5.43 Å². The molecule has 2 aromatic heterocycles. The second kappa shape index (κ2) is 8.63. The van der Waals surface area contributed by atoms with Crippen molar-refractivity contribution in [2.24, 2.45) is 12.1 Å². The van der Waals surface area contributed by atoms with E-state index in [1.54, 1.807) is 11.6 Å². The SMILES string of the molecule is Cn1c(O)c(C=NNC(=O)Cn2c(Cc3ccccc3)nc3ccccc32)c2ccccc21. The molecule has 7 nitrogen and oxygen atoms in total. The second-order valence-corrected chi connectivity index (χ2v) is 7.87. The molecule has 3 aromatic carbocycles. The summed E-state index contributed by atoms with van der Waals surface area (Å²) in [5.74, 6) is 0.636. The van der Waals surface area contributed by atoms with Crippen molar-refractivity contribution in [1.82, 2.24) is 19.5 Å². The number of aromatic hydroxyl groups is 1. The average Bonchev–Trinajstić information content (AvgIpc) is 3.30. The lowest BCUT2D eigenvalue weighted by molar-refractivity contribution is -0.121. The largest absolute Gasteiger partial charge is 0.494 e. The number of para-hydroxylation sites is 3. The summed E-state index contributed by atoms with van der Waals surface area (Å²) in [6, 6.07) is 25.5. The molecule has 0 atom stereocenters. The van der Waals surface area contributed by atoms with E-state index in [1.165, 1.54) is 6.21 Å². The number of imidazole rings is 1. The van der Waals surface area contributed by atoms with Crippen LogP contribution in [0.1, 0.15) is 17.0 Å². The molecule has 2 N–H and O–H groups in total. The third-order valence-corrected chi connectivity index (χ3v) is 5.74. The fraction of sp³-hybridized carbons (Fsp3) is 0.115. The Balaban J connectivity index is 1.38. The van der Waals surface area contributed by atoms with E-state index in [-0.39, 0.29) is 18.3 Å². The van der Waals surface area contributed by atoms with Gasteiger partial charge in [-0.25, -0.2) is 10.4 Å². The minimum absolute atomic E-state index is 0.0849. The second-order valence-electron chi connectivity index (χ2n) is 7.87. The van der Waals surface area contributed by atoms with Crippen molar-refractivity contribution < 1.29 is 9.90 Å². The van der Waals surface area contributed by atoms with Crippen LogP contribution in [0.25, 0.3) is 21.9 Å². The number of aryl methyl sites for hydroxylation is 1. The van der Waals surface area contributed by atoms with E-state index in [1.807, 2.05) is 83.4 Å². The van der Waals surface area contributed by atoms with Crippen LogP contribution in [0.2, 0.25) is 0 Å². The fourth-order valence-electron chi connectivity index (χ4n) is 4.10. The topological polar surface area (TPSA) is 84.4 Å². The van der Waals surface area contributed by atoms with Gasteiger partial charge in [0.2, 0.25) is 5.88 Å². The predicted octanol–water partition coefficient (Wildman–Crippen LogP) is 3.97. The summed E-state index contributed by atoms with van der Waals surface area (Å²) in [5.41, 5.74) is 6.91. The number of aromatic nitrogens is 3. The number of benzene rings is 3. The highest BCUT2D eigenvalue weighted by atomic mass is 16.3. The normalized spacial score (nSPS) is 11.5. The quantitative estimate of drug-likeness (QED) is 0.311. The van der Waals surface area contributed by atoms with Crippen LogP contribution in [-0.4, -0.2) is 31.3 Å². The highest BCUT2D eigenvalue weighted by Crippen LogP contribution is 2.28. The Labute approximate surface area is 190 Å². The molecule has 0 unspecified atom stereocenters. The molecule has 2 heterocycles. The van der Waals surface area contributed by atoms with Gasteiger partial charge >= 0.3 is 0 Å². The summed E-state index contributed by atoms with van der Waals surface area (Å²) >= 11 is 0. The Hall–Kier alpha value is -4.39. The average molecular weight is 438 g/mol. The number of hydrogen-bond donors (Lipinski definition) is 2. The van der Waals surface area contributed by atoms with Crippen LogP contribution in [0.4, 0.5) is 0 Å². The molecule has 0 bridgehead atoms. The molecule has 0 aliphatic carbocycles. The van der Waals surface area contributed by atoms with Gasteiger partial charge < -0.3 is 14.2 Å². The molecule has 0 aliphatic heterocycles. The molecule has 0 saturated carbocycles. The molecule has 0 aliphatic rings. The van der Waals surface area contributed by atoms with Crippen LogP contribution in [0.5, 0.6) is 5.88 Å². The standard InChI is InChI=1S/C26H23N5O2/c1-30-22-13-7-5-11-19(22)20(26(30)33)16-27-29-25(32)17-31-23-14-8-6-12-21(23)28-24(31)15-18-9-3-2-4-10-18/h2-14,16,33H,15,17H2,1H3,(H,29,32). The van der Waals surface area contributed by atoms with Gasteiger partial charge in [0.25, 0.3) is 5.91 Å². The van der Waals surface area contributed by atoms with Crippen LogP contribution >= 0.6 is 0 Å². The van der Waals surface area contributed by atoms with Crippen molar-refractivity contribution in [2.45, 2.75) is 13.0 Å². The lowest BCUT2D eigenvalue weighted by Gasteiger charge is -2.08. The first kappa shape index (κ1) is 20.5. The Morgan fingerprint density at radius 3 is 2.52 bits per heavy atom. The molecule has 5 rings (SSSR count). The molecular formula is C26H23N5O2. The maximum absolute atomic E-state index is 12.8. The number of carbonyl (C=O) groups is 1. The van der Waals surface area contributed by atoms with Gasteiger partial charge in [0.05, 0.1) is 28.3 Å². The number of hydrogen-bond acceptors (Lipinski definition) is 4. The number of nitrogens with one attached hydrogen (secondary N) is 1. The highest BCUT2D eigenvalue weighted by molar-refractivity contribution is 6.02. The number of hydrazone groups is 1. The fourth-order valence-corrected chi connectivity index (χ4v) is 4.10. The van der Waals surface area contributed by atoms with Crippen molar-refractivity contribution in [3.8, 4) is 5.88 Å². The van der Waals surface area contributed by atoms with Crippen LogP contribution in [0.3, 0.4) is 0 Å². The van der Waals surface area contributed by atoms with Crippen LogP contribution in [0.15, 0.2) is 84.0 Å². The van der Waals surface area contributed by atoms with Crippen molar-refractivity contribution in [3.63, 3.8) is 0 Å². The molecule has 0 saturated heterocycles. The van der Waals surface area contributed by atoms with Gasteiger partial charge in [0.1, 0.15) is 12.4 Å². The first-order chi connectivity index (χ1) is 16.1. The van der Waals surface area contributed by atoms with Crippen molar-refractivity contribution in [1.29, 1.82) is 0 Å². The van der Waals surface area contributed by atoms with E-state index >= 15 is 0 Å². The molecule has 5 aromatic rings. The Kier molecular flexibility index (Phi) is 5.36. The lowest BCUT2D eigenvalue weighted by atomic mass is 10.1. The van der Waals surface area contributed by atoms with E-state index in [9.17, 15) is 9.90 Å². The van der Waals surface area contributed by atoms with Gasteiger partial charge in [0.15, 0.2) is 0 Å². The molecule has 0 radical (unpaired) electrons. The summed E-state index contributed by atoms with van der Waals surface area (Å²) in [5, 5.41) is 15.4. The lowest BCUT2D eigenvalue weighted by Crippen LogP contribution is -2.24. The van der Waals surface area contributed by atoms with Gasteiger partial charge in [-0.05, 0) is 23.8 Å². The molecular weight excluding hydrogens is 414 g/mol. The number of amides is 1. The Bertz CT molecular complexity index is 1480. The first-order valence-electron chi connectivity index (χ1n) is 10.7. The van der Waals surface area contributed by atoms with Crippen LogP contribution in [-0.2, 0) is 24.8 Å². The zero-order chi connectivity index (χ0) is 22.8. The predicted molar refractivity (Wildman–Crippen MR) is 129 cm³/mol. The first-order valence-corrected chi connectivity index (χ1v) is 10.7. The minimum Gasteiger partial charge on any atom is -0.494 e. The number of carbonyl (C=O) groups excluding carboxylic acids is 1. The maximum atomic E-state index is 12.8. The van der Waals surface area contributed by atoms with Crippen molar-refractivity contribution in [2.75, 3.05) is 0 Å². The highest BCUT2D eigenvalue weighted by Gasteiger charge is 2.15. The van der Waals surface area contributed by atoms with Crippen molar-refractivity contribution >= 4 is 34.1 Å². The third kappa shape index (κ3) is 3.96. The van der Waals surface area contributed by atoms with E-state index in [2.05, 4.69) is 10.5 Å².